The highest BCUT2D eigenvalue weighted by Gasteiger charge is 2.21. The number of nitrogens with one attached hydrogen (secondary N) is 1. The largest absolute Gasteiger partial charge is 0.493 e. The Morgan fingerprint density at radius 1 is 1.16 bits per heavy atom. The molecular weight excluding hydrogens is 318 g/mol. The SMILES string of the molecule is COc1cccc(-c2[nH]c3cc(C)cc(C)c3c2CC(=O)O)c1OC. The van der Waals surface area contributed by atoms with E-state index < -0.39 is 5.97 Å². The van der Waals surface area contributed by atoms with Crippen molar-refractivity contribution in [1.29, 1.82) is 0 Å². The minimum absolute atomic E-state index is 0.0698. The fourth-order valence-electron chi connectivity index (χ4n) is 3.44. The molecule has 0 aliphatic carbocycles. The first-order valence-corrected chi connectivity index (χ1v) is 8.01. The number of rotatable bonds is 5. The lowest BCUT2D eigenvalue weighted by Crippen LogP contribution is -2.02. The Bertz CT molecular complexity index is 956. The zero-order chi connectivity index (χ0) is 18.1. The summed E-state index contributed by atoms with van der Waals surface area (Å²) in [6.45, 7) is 4.02. The van der Waals surface area contributed by atoms with E-state index in [1.807, 2.05) is 38.1 Å². The van der Waals surface area contributed by atoms with Gasteiger partial charge in [0.15, 0.2) is 11.5 Å². The Morgan fingerprint density at radius 2 is 1.92 bits per heavy atom. The van der Waals surface area contributed by atoms with Gasteiger partial charge >= 0.3 is 5.97 Å². The van der Waals surface area contributed by atoms with Crippen LogP contribution in [0.4, 0.5) is 0 Å². The number of aromatic amines is 1. The first kappa shape index (κ1) is 16.9. The molecule has 2 N–H and O–H groups in total. The second-order valence-corrected chi connectivity index (χ2v) is 6.09. The molecular formula is C20H21NO4. The second-order valence-electron chi connectivity index (χ2n) is 6.09. The second kappa shape index (κ2) is 6.51. The summed E-state index contributed by atoms with van der Waals surface area (Å²) < 4.78 is 10.9. The van der Waals surface area contributed by atoms with Gasteiger partial charge in [0.25, 0.3) is 0 Å². The smallest absolute Gasteiger partial charge is 0.307 e. The van der Waals surface area contributed by atoms with Crippen molar-refractivity contribution in [2.75, 3.05) is 14.2 Å². The Balaban J connectivity index is 2.37. The van der Waals surface area contributed by atoms with E-state index in [0.717, 1.165) is 38.9 Å². The molecule has 0 saturated heterocycles. The zero-order valence-electron chi connectivity index (χ0n) is 14.8. The van der Waals surface area contributed by atoms with Crippen LogP contribution in [-0.2, 0) is 11.2 Å². The third-order valence-corrected chi connectivity index (χ3v) is 4.34. The fourth-order valence-corrected chi connectivity index (χ4v) is 3.44. The molecule has 130 valence electrons. The van der Waals surface area contributed by atoms with Gasteiger partial charge in [0, 0.05) is 16.5 Å². The van der Waals surface area contributed by atoms with Crippen LogP contribution in [0.25, 0.3) is 22.2 Å². The number of aromatic nitrogens is 1. The van der Waals surface area contributed by atoms with Gasteiger partial charge in [-0.1, -0.05) is 12.1 Å². The fraction of sp³-hybridized carbons (Fsp3) is 0.250. The van der Waals surface area contributed by atoms with Gasteiger partial charge in [-0.15, -0.1) is 0 Å². The summed E-state index contributed by atoms with van der Waals surface area (Å²) in [6, 6.07) is 9.68. The highest BCUT2D eigenvalue weighted by molar-refractivity contribution is 5.97. The number of carbonyl (C=O) groups is 1. The van der Waals surface area contributed by atoms with E-state index in [1.54, 1.807) is 14.2 Å². The number of methoxy groups -OCH3 is 2. The first-order valence-electron chi connectivity index (χ1n) is 8.01. The minimum atomic E-state index is -0.871. The van der Waals surface area contributed by atoms with Crippen LogP contribution in [0.5, 0.6) is 11.5 Å². The molecule has 1 heterocycles. The number of para-hydroxylation sites is 1. The van der Waals surface area contributed by atoms with E-state index in [1.165, 1.54) is 0 Å². The van der Waals surface area contributed by atoms with Crippen LogP contribution in [0, 0.1) is 13.8 Å². The molecule has 3 aromatic rings. The van der Waals surface area contributed by atoms with Gasteiger partial charge in [0.2, 0.25) is 0 Å². The van der Waals surface area contributed by atoms with Crippen LogP contribution in [0.2, 0.25) is 0 Å². The molecule has 0 spiro atoms. The van der Waals surface area contributed by atoms with E-state index in [-0.39, 0.29) is 6.42 Å². The number of aryl methyl sites for hydroxylation is 2. The van der Waals surface area contributed by atoms with Gasteiger partial charge in [0.05, 0.1) is 26.3 Å². The standard InChI is InChI=1S/C20H21NO4/c1-11-8-12(2)18-14(10-17(22)23)19(21-15(18)9-11)13-6-5-7-16(24-3)20(13)25-4/h5-9,21H,10H2,1-4H3,(H,22,23). The molecule has 1 aromatic heterocycles. The Kier molecular flexibility index (Phi) is 4.40. The molecule has 25 heavy (non-hydrogen) atoms. The van der Waals surface area contributed by atoms with Crippen LogP contribution >= 0.6 is 0 Å². The maximum atomic E-state index is 11.5. The topological polar surface area (TPSA) is 71.6 Å². The average molecular weight is 339 g/mol. The monoisotopic (exact) mass is 339 g/mol. The summed E-state index contributed by atoms with van der Waals surface area (Å²) in [7, 11) is 3.16. The molecule has 2 aromatic carbocycles. The molecule has 3 rings (SSSR count). The van der Waals surface area contributed by atoms with Crippen molar-refractivity contribution in [3.63, 3.8) is 0 Å². The van der Waals surface area contributed by atoms with Crippen molar-refractivity contribution in [2.45, 2.75) is 20.3 Å². The van der Waals surface area contributed by atoms with Gasteiger partial charge < -0.3 is 19.6 Å². The molecule has 0 aliphatic heterocycles. The van der Waals surface area contributed by atoms with Crippen molar-refractivity contribution in [2.24, 2.45) is 0 Å². The van der Waals surface area contributed by atoms with Crippen molar-refractivity contribution in [3.8, 4) is 22.8 Å². The van der Waals surface area contributed by atoms with Crippen molar-refractivity contribution >= 4 is 16.9 Å². The van der Waals surface area contributed by atoms with E-state index in [0.29, 0.717) is 11.5 Å². The van der Waals surface area contributed by atoms with E-state index in [9.17, 15) is 9.90 Å². The summed E-state index contributed by atoms with van der Waals surface area (Å²) in [5.41, 5.74) is 5.39. The minimum Gasteiger partial charge on any atom is -0.493 e. The van der Waals surface area contributed by atoms with Gasteiger partial charge in [0.1, 0.15) is 0 Å². The van der Waals surface area contributed by atoms with Crippen LogP contribution in [0.3, 0.4) is 0 Å². The molecule has 0 bridgehead atoms. The number of hydrogen-bond donors (Lipinski definition) is 2. The van der Waals surface area contributed by atoms with E-state index in [4.69, 9.17) is 9.47 Å². The predicted octanol–water partition coefficient (Wildman–Crippen LogP) is 4.10. The van der Waals surface area contributed by atoms with Gasteiger partial charge in [-0.2, -0.15) is 0 Å². The number of H-pyrrole nitrogens is 1. The number of benzene rings is 2. The van der Waals surface area contributed by atoms with Gasteiger partial charge in [-0.3, -0.25) is 4.79 Å². The average Bonchev–Trinajstić information content (AvgIpc) is 2.91. The summed E-state index contributed by atoms with van der Waals surface area (Å²) in [6.07, 6.45) is -0.0698. The van der Waals surface area contributed by atoms with Crippen LogP contribution in [-0.4, -0.2) is 30.3 Å². The lowest BCUT2D eigenvalue weighted by atomic mass is 9.98. The maximum absolute atomic E-state index is 11.5. The Hall–Kier alpha value is -2.95. The normalized spacial score (nSPS) is 10.9. The van der Waals surface area contributed by atoms with E-state index >= 15 is 0 Å². The number of aliphatic carboxylic acids is 1. The quantitative estimate of drug-likeness (QED) is 0.734. The lowest BCUT2D eigenvalue weighted by Gasteiger charge is -2.13. The summed E-state index contributed by atoms with van der Waals surface area (Å²) >= 11 is 0. The molecule has 0 atom stereocenters. The lowest BCUT2D eigenvalue weighted by molar-refractivity contribution is -0.136. The van der Waals surface area contributed by atoms with Crippen LogP contribution in [0.15, 0.2) is 30.3 Å². The van der Waals surface area contributed by atoms with Crippen LogP contribution < -0.4 is 9.47 Å². The zero-order valence-corrected chi connectivity index (χ0v) is 14.8. The van der Waals surface area contributed by atoms with E-state index in [2.05, 4.69) is 11.1 Å². The van der Waals surface area contributed by atoms with Crippen molar-refractivity contribution in [1.82, 2.24) is 4.98 Å². The van der Waals surface area contributed by atoms with Crippen molar-refractivity contribution < 1.29 is 19.4 Å². The molecule has 0 aliphatic rings. The van der Waals surface area contributed by atoms with Crippen LogP contribution in [0.1, 0.15) is 16.7 Å². The highest BCUT2D eigenvalue weighted by atomic mass is 16.5. The molecule has 0 unspecified atom stereocenters. The van der Waals surface area contributed by atoms with Crippen molar-refractivity contribution in [3.05, 3.63) is 47.0 Å². The molecule has 5 nitrogen and oxygen atoms in total. The summed E-state index contributed by atoms with van der Waals surface area (Å²) in [5.74, 6) is 0.314. The third kappa shape index (κ3) is 2.93. The predicted molar refractivity (Wildman–Crippen MR) is 97.7 cm³/mol. The number of hydrogen-bond acceptors (Lipinski definition) is 3. The number of carboxylic acid groups (broad SMARTS) is 1. The van der Waals surface area contributed by atoms with Gasteiger partial charge in [-0.05, 0) is 48.7 Å². The number of fused-ring (bicyclic) bond motifs is 1. The molecule has 0 amide bonds. The third-order valence-electron chi connectivity index (χ3n) is 4.34. The molecule has 0 radical (unpaired) electrons. The maximum Gasteiger partial charge on any atom is 0.307 e. The number of ether oxygens (including phenoxy) is 2. The highest BCUT2D eigenvalue weighted by Crippen LogP contribution is 2.41. The molecule has 0 fully saturated rings. The molecule has 0 saturated carbocycles. The first-order chi connectivity index (χ1) is 12.0. The summed E-state index contributed by atoms with van der Waals surface area (Å²) in [5, 5.41) is 10.4. The summed E-state index contributed by atoms with van der Waals surface area (Å²) in [4.78, 5) is 14.9. The Labute approximate surface area is 146 Å². The number of carboxylic acids is 1. The Morgan fingerprint density at radius 3 is 2.56 bits per heavy atom. The molecule has 5 heteroatoms. The van der Waals surface area contributed by atoms with Gasteiger partial charge in [-0.25, -0.2) is 0 Å².